The lowest BCUT2D eigenvalue weighted by molar-refractivity contribution is -0.142. The van der Waals surface area contributed by atoms with E-state index in [9.17, 15) is 14.7 Å². The van der Waals surface area contributed by atoms with Crippen molar-refractivity contribution in [2.45, 2.75) is 25.4 Å². The minimum Gasteiger partial charge on any atom is -0.490 e. The maximum Gasteiger partial charge on any atom is 0.251 e. The molecule has 2 amide bonds. The molecule has 1 saturated heterocycles. The third kappa shape index (κ3) is 5.41. The average molecular weight is 341 g/mol. The Labute approximate surface area is 140 Å². The fourth-order valence-electron chi connectivity index (χ4n) is 2.38. The molecule has 6 nitrogen and oxygen atoms in total. The molecule has 1 aromatic rings. The van der Waals surface area contributed by atoms with E-state index >= 15 is 0 Å². The number of nitrogens with zero attached hydrogens (tertiary/aromatic N) is 1. The summed E-state index contributed by atoms with van der Waals surface area (Å²) in [6.07, 6.45) is 1.05. The van der Waals surface area contributed by atoms with Gasteiger partial charge in [0.2, 0.25) is 5.91 Å². The van der Waals surface area contributed by atoms with E-state index in [1.807, 2.05) is 12.1 Å². The first-order valence-electron chi connectivity index (χ1n) is 7.69. The minimum absolute atomic E-state index is 0.0397. The van der Waals surface area contributed by atoms with Gasteiger partial charge in [0.15, 0.2) is 0 Å². The Balaban J connectivity index is 1.70. The van der Waals surface area contributed by atoms with Crippen LogP contribution in [-0.2, 0) is 9.59 Å². The van der Waals surface area contributed by atoms with Gasteiger partial charge in [0, 0.05) is 6.54 Å². The summed E-state index contributed by atoms with van der Waals surface area (Å²) in [5.41, 5.74) is 0. The smallest absolute Gasteiger partial charge is 0.251 e. The summed E-state index contributed by atoms with van der Waals surface area (Å²) < 4.78 is 5.47. The molecular weight excluding hydrogens is 320 g/mol. The molecule has 1 heterocycles. The lowest BCUT2D eigenvalue weighted by atomic mass is 10.2. The van der Waals surface area contributed by atoms with E-state index < -0.39 is 6.10 Å². The Kier molecular flexibility index (Phi) is 6.67. The topological polar surface area (TPSA) is 78.9 Å². The number of aliphatic hydroxyl groups is 1. The first-order chi connectivity index (χ1) is 11.1. The summed E-state index contributed by atoms with van der Waals surface area (Å²) in [6, 6.07) is 7.10. The van der Waals surface area contributed by atoms with Gasteiger partial charge < -0.3 is 20.1 Å². The number of para-hydroxylation sites is 1. The van der Waals surface area contributed by atoms with Gasteiger partial charge in [0.1, 0.15) is 18.5 Å². The van der Waals surface area contributed by atoms with Crippen LogP contribution in [0.4, 0.5) is 0 Å². The van der Waals surface area contributed by atoms with Crippen molar-refractivity contribution >= 4 is 23.4 Å². The molecular formula is C16H21ClN2O4. The van der Waals surface area contributed by atoms with E-state index in [2.05, 4.69) is 5.32 Å². The number of halogens is 1. The highest BCUT2D eigenvalue weighted by Gasteiger charge is 2.26. The average Bonchev–Trinajstić information content (AvgIpc) is 2.69. The maximum absolute atomic E-state index is 11.9. The van der Waals surface area contributed by atoms with E-state index in [-0.39, 0.29) is 25.0 Å². The summed E-state index contributed by atoms with van der Waals surface area (Å²) in [4.78, 5) is 25.2. The molecule has 0 bridgehead atoms. The minimum atomic E-state index is -0.992. The Hall–Kier alpha value is -1.79. The van der Waals surface area contributed by atoms with Crippen LogP contribution >= 0.6 is 11.6 Å². The number of aliphatic hydroxyl groups excluding tert-OH is 1. The van der Waals surface area contributed by atoms with E-state index in [0.29, 0.717) is 30.3 Å². The summed E-state index contributed by atoms with van der Waals surface area (Å²) >= 11 is 5.96. The molecule has 1 unspecified atom stereocenters. The van der Waals surface area contributed by atoms with E-state index in [1.54, 1.807) is 12.1 Å². The molecule has 1 aliphatic rings. The highest BCUT2D eigenvalue weighted by molar-refractivity contribution is 6.32. The van der Waals surface area contributed by atoms with Crippen molar-refractivity contribution in [2.75, 3.05) is 26.2 Å². The van der Waals surface area contributed by atoms with Gasteiger partial charge in [-0.15, -0.1) is 0 Å². The lowest BCUT2D eigenvalue weighted by Gasteiger charge is -2.21. The van der Waals surface area contributed by atoms with Gasteiger partial charge in [-0.3, -0.25) is 9.59 Å². The Morgan fingerprint density at radius 3 is 2.96 bits per heavy atom. The molecule has 0 radical (unpaired) electrons. The molecule has 1 fully saturated rings. The van der Waals surface area contributed by atoms with Crippen LogP contribution < -0.4 is 10.1 Å². The number of nitrogens with one attached hydrogen (secondary N) is 1. The fourth-order valence-corrected chi connectivity index (χ4v) is 2.57. The van der Waals surface area contributed by atoms with Crippen LogP contribution in [-0.4, -0.2) is 54.2 Å². The van der Waals surface area contributed by atoms with E-state index in [4.69, 9.17) is 16.3 Å². The first kappa shape index (κ1) is 17.6. The zero-order chi connectivity index (χ0) is 16.7. The van der Waals surface area contributed by atoms with E-state index in [0.717, 1.165) is 12.8 Å². The fraction of sp³-hybridized carbons (Fsp3) is 0.500. The number of likely N-dealkylation sites (tertiary alicyclic amines) is 1. The third-order valence-corrected chi connectivity index (χ3v) is 3.92. The second-order valence-corrected chi connectivity index (χ2v) is 5.81. The third-order valence-electron chi connectivity index (χ3n) is 3.61. The number of hydrogen-bond acceptors (Lipinski definition) is 4. The first-order valence-corrected chi connectivity index (χ1v) is 8.06. The number of amides is 2. The van der Waals surface area contributed by atoms with Crippen LogP contribution in [0.3, 0.4) is 0 Å². The number of benzene rings is 1. The normalized spacial score (nSPS) is 18.4. The number of ether oxygens (including phenoxy) is 1. The van der Waals surface area contributed by atoms with Crippen molar-refractivity contribution in [3.63, 3.8) is 0 Å². The predicted octanol–water partition coefficient (Wildman–Crippen LogP) is 1.21. The van der Waals surface area contributed by atoms with Crippen molar-refractivity contribution in [1.29, 1.82) is 0 Å². The monoisotopic (exact) mass is 340 g/mol. The molecule has 2 N–H and O–H groups in total. The van der Waals surface area contributed by atoms with Gasteiger partial charge in [0.25, 0.3) is 5.91 Å². The van der Waals surface area contributed by atoms with Gasteiger partial charge in [-0.05, 0) is 31.4 Å². The molecule has 2 rings (SSSR count). The van der Waals surface area contributed by atoms with Gasteiger partial charge in [-0.1, -0.05) is 23.7 Å². The number of carbonyl (C=O) groups is 2. The molecule has 0 saturated carbocycles. The molecule has 126 valence electrons. The zero-order valence-corrected chi connectivity index (χ0v) is 13.6. The van der Waals surface area contributed by atoms with Gasteiger partial charge in [-0.25, -0.2) is 0 Å². The van der Waals surface area contributed by atoms with Crippen LogP contribution in [0.1, 0.15) is 19.3 Å². The quantitative estimate of drug-likeness (QED) is 0.763. The largest absolute Gasteiger partial charge is 0.490 e. The van der Waals surface area contributed by atoms with Gasteiger partial charge in [0.05, 0.1) is 18.1 Å². The zero-order valence-electron chi connectivity index (χ0n) is 12.8. The molecule has 1 atom stereocenters. The Morgan fingerprint density at radius 1 is 1.39 bits per heavy atom. The summed E-state index contributed by atoms with van der Waals surface area (Å²) in [7, 11) is 0. The SMILES string of the molecule is O=C(CN1CCCCC(O)C1=O)NCCOc1ccccc1Cl. The predicted molar refractivity (Wildman–Crippen MR) is 86.4 cm³/mol. The number of rotatable bonds is 6. The molecule has 0 aliphatic carbocycles. The Bertz CT molecular complexity index is 553. The standard InChI is InChI=1S/C16H21ClN2O4/c17-12-5-1-2-7-14(12)23-10-8-18-15(21)11-19-9-4-3-6-13(20)16(19)22/h1-2,5,7,13,20H,3-4,6,8-11H2,(H,18,21). The molecule has 0 spiro atoms. The van der Waals surface area contributed by atoms with Gasteiger partial charge in [-0.2, -0.15) is 0 Å². The van der Waals surface area contributed by atoms with Crippen LogP contribution in [0.2, 0.25) is 5.02 Å². The van der Waals surface area contributed by atoms with Crippen molar-refractivity contribution in [2.24, 2.45) is 0 Å². The molecule has 0 aromatic heterocycles. The van der Waals surface area contributed by atoms with Crippen molar-refractivity contribution in [3.8, 4) is 5.75 Å². The molecule has 1 aromatic carbocycles. The summed E-state index contributed by atoms with van der Waals surface area (Å²) in [5.74, 6) is -0.0746. The molecule has 23 heavy (non-hydrogen) atoms. The second-order valence-electron chi connectivity index (χ2n) is 5.40. The van der Waals surface area contributed by atoms with Crippen LogP contribution in [0, 0.1) is 0 Å². The van der Waals surface area contributed by atoms with Crippen molar-refractivity contribution < 1.29 is 19.4 Å². The lowest BCUT2D eigenvalue weighted by Crippen LogP contribution is -2.44. The highest BCUT2D eigenvalue weighted by Crippen LogP contribution is 2.22. The molecule has 7 heteroatoms. The second kappa shape index (κ2) is 8.74. The maximum atomic E-state index is 11.9. The summed E-state index contributed by atoms with van der Waals surface area (Å²) in [6.45, 7) is 1.06. The van der Waals surface area contributed by atoms with E-state index in [1.165, 1.54) is 4.90 Å². The highest BCUT2D eigenvalue weighted by atomic mass is 35.5. The van der Waals surface area contributed by atoms with Crippen LogP contribution in [0.15, 0.2) is 24.3 Å². The molecule has 1 aliphatic heterocycles. The van der Waals surface area contributed by atoms with Crippen molar-refractivity contribution in [1.82, 2.24) is 10.2 Å². The van der Waals surface area contributed by atoms with Crippen LogP contribution in [0.5, 0.6) is 5.75 Å². The van der Waals surface area contributed by atoms with Gasteiger partial charge >= 0.3 is 0 Å². The summed E-state index contributed by atoms with van der Waals surface area (Å²) in [5, 5.41) is 12.9. The number of carbonyl (C=O) groups excluding carboxylic acids is 2. The Morgan fingerprint density at radius 2 is 2.17 bits per heavy atom. The van der Waals surface area contributed by atoms with Crippen LogP contribution in [0.25, 0.3) is 0 Å². The number of hydrogen-bond donors (Lipinski definition) is 2. The van der Waals surface area contributed by atoms with Crippen molar-refractivity contribution in [3.05, 3.63) is 29.3 Å².